The summed E-state index contributed by atoms with van der Waals surface area (Å²) in [5.74, 6) is 0.568. The van der Waals surface area contributed by atoms with Crippen LogP contribution in [0.1, 0.15) is 65.6 Å². The van der Waals surface area contributed by atoms with Gasteiger partial charge in [0.05, 0.1) is 0 Å². The van der Waals surface area contributed by atoms with Gasteiger partial charge < -0.3 is 10.2 Å². The monoisotopic (exact) mass is 404 g/mol. The minimum Gasteiger partial charge on any atom is -0.326 e. The second-order valence-electron chi connectivity index (χ2n) is 8.93. The SMILES string of the molecule is Cc1cc(C(=O)c2ccccc2)cc(C)c1NC(=O)C[C@@H]1CCCN2CCCC[C@H]12. The van der Waals surface area contributed by atoms with Crippen LogP contribution in [0.2, 0.25) is 0 Å². The summed E-state index contributed by atoms with van der Waals surface area (Å²) >= 11 is 0. The van der Waals surface area contributed by atoms with Crippen molar-refractivity contribution in [2.45, 2.75) is 58.4 Å². The van der Waals surface area contributed by atoms with E-state index in [0.29, 0.717) is 29.5 Å². The van der Waals surface area contributed by atoms with Gasteiger partial charge in [0, 0.05) is 29.3 Å². The van der Waals surface area contributed by atoms with Gasteiger partial charge in [-0.1, -0.05) is 36.8 Å². The number of piperidine rings is 2. The fourth-order valence-corrected chi connectivity index (χ4v) is 5.29. The molecule has 2 atom stereocenters. The lowest BCUT2D eigenvalue weighted by Gasteiger charge is -2.44. The molecule has 2 aliphatic heterocycles. The highest BCUT2D eigenvalue weighted by Gasteiger charge is 2.34. The molecule has 2 aliphatic rings. The number of aryl methyl sites for hydroxylation is 2. The van der Waals surface area contributed by atoms with Crippen molar-refractivity contribution < 1.29 is 9.59 Å². The van der Waals surface area contributed by atoms with Crippen LogP contribution in [0.25, 0.3) is 0 Å². The van der Waals surface area contributed by atoms with Gasteiger partial charge in [0.15, 0.2) is 5.78 Å². The second kappa shape index (κ2) is 9.13. The van der Waals surface area contributed by atoms with E-state index in [9.17, 15) is 9.59 Å². The quantitative estimate of drug-likeness (QED) is 0.703. The second-order valence-corrected chi connectivity index (χ2v) is 8.93. The summed E-state index contributed by atoms with van der Waals surface area (Å²) in [7, 11) is 0. The minimum atomic E-state index is 0.0132. The Morgan fingerprint density at radius 2 is 1.63 bits per heavy atom. The summed E-state index contributed by atoms with van der Waals surface area (Å²) in [6.07, 6.45) is 6.74. The molecular weight excluding hydrogens is 372 g/mol. The summed E-state index contributed by atoms with van der Waals surface area (Å²) < 4.78 is 0. The molecule has 2 fully saturated rings. The van der Waals surface area contributed by atoms with Crippen LogP contribution in [-0.4, -0.2) is 35.7 Å². The van der Waals surface area contributed by atoms with Crippen LogP contribution < -0.4 is 5.32 Å². The van der Waals surface area contributed by atoms with Gasteiger partial charge >= 0.3 is 0 Å². The first-order valence-electron chi connectivity index (χ1n) is 11.3. The van der Waals surface area contributed by atoms with E-state index >= 15 is 0 Å². The first kappa shape index (κ1) is 20.8. The van der Waals surface area contributed by atoms with E-state index in [1.54, 1.807) is 0 Å². The Morgan fingerprint density at radius 1 is 0.933 bits per heavy atom. The Kier molecular flexibility index (Phi) is 6.33. The maximum atomic E-state index is 12.9. The summed E-state index contributed by atoms with van der Waals surface area (Å²) in [5.41, 5.74) is 4.07. The van der Waals surface area contributed by atoms with Crippen molar-refractivity contribution >= 4 is 17.4 Å². The summed E-state index contributed by atoms with van der Waals surface area (Å²) in [6, 6.07) is 13.7. The summed E-state index contributed by atoms with van der Waals surface area (Å²) in [5, 5.41) is 3.16. The molecule has 158 valence electrons. The van der Waals surface area contributed by atoms with Crippen LogP contribution in [-0.2, 0) is 4.79 Å². The van der Waals surface area contributed by atoms with Crippen molar-refractivity contribution in [3.8, 4) is 0 Å². The third kappa shape index (κ3) is 4.49. The van der Waals surface area contributed by atoms with Gasteiger partial charge in [-0.2, -0.15) is 0 Å². The van der Waals surface area contributed by atoms with Crippen LogP contribution in [0.5, 0.6) is 0 Å². The number of nitrogens with one attached hydrogen (secondary N) is 1. The maximum absolute atomic E-state index is 12.9. The molecule has 0 aliphatic carbocycles. The molecule has 0 radical (unpaired) electrons. The number of hydrogen-bond donors (Lipinski definition) is 1. The third-order valence-electron chi connectivity index (χ3n) is 6.77. The standard InChI is InChI=1S/C26H32N2O2/c1-18-15-22(26(30)20-9-4-3-5-10-20)16-19(2)25(18)27-24(29)17-21-11-8-14-28-13-7-6-12-23(21)28/h3-5,9-10,15-16,21,23H,6-8,11-14,17H2,1-2H3,(H,27,29)/t21-,23+/m0/s1. The molecule has 0 bridgehead atoms. The number of amides is 1. The molecule has 2 aromatic rings. The first-order valence-corrected chi connectivity index (χ1v) is 11.3. The highest BCUT2D eigenvalue weighted by molar-refractivity contribution is 6.09. The zero-order valence-corrected chi connectivity index (χ0v) is 18.1. The molecule has 0 aromatic heterocycles. The highest BCUT2D eigenvalue weighted by atomic mass is 16.1. The Balaban J connectivity index is 1.45. The molecule has 4 heteroatoms. The molecule has 1 amide bonds. The molecule has 4 rings (SSSR count). The molecule has 0 saturated carbocycles. The Labute approximate surface area is 179 Å². The van der Waals surface area contributed by atoms with E-state index in [1.165, 1.54) is 38.8 Å². The number of carbonyl (C=O) groups excluding carboxylic acids is 2. The van der Waals surface area contributed by atoms with Gasteiger partial charge in [0.1, 0.15) is 0 Å². The van der Waals surface area contributed by atoms with Crippen molar-refractivity contribution in [3.05, 3.63) is 64.7 Å². The molecule has 0 unspecified atom stereocenters. The number of fused-ring (bicyclic) bond motifs is 1. The maximum Gasteiger partial charge on any atom is 0.224 e. The van der Waals surface area contributed by atoms with Crippen LogP contribution in [0.4, 0.5) is 5.69 Å². The average Bonchev–Trinajstić information content (AvgIpc) is 2.76. The van der Waals surface area contributed by atoms with Gasteiger partial charge in [-0.25, -0.2) is 0 Å². The number of carbonyl (C=O) groups is 2. The lowest BCUT2D eigenvalue weighted by Crippen LogP contribution is -2.48. The topological polar surface area (TPSA) is 49.4 Å². The number of ketones is 1. The van der Waals surface area contributed by atoms with Gasteiger partial charge in [-0.3, -0.25) is 9.59 Å². The lowest BCUT2D eigenvalue weighted by molar-refractivity contribution is -0.118. The van der Waals surface area contributed by atoms with E-state index in [0.717, 1.165) is 23.2 Å². The van der Waals surface area contributed by atoms with Crippen molar-refractivity contribution in [1.29, 1.82) is 0 Å². The molecule has 2 heterocycles. The zero-order chi connectivity index (χ0) is 21.1. The van der Waals surface area contributed by atoms with Crippen molar-refractivity contribution in [2.75, 3.05) is 18.4 Å². The predicted molar refractivity (Wildman–Crippen MR) is 121 cm³/mol. The van der Waals surface area contributed by atoms with E-state index in [4.69, 9.17) is 0 Å². The van der Waals surface area contributed by atoms with Crippen molar-refractivity contribution in [1.82, 2.24) is 4.90 Å². The normalized spacial score (nSPS) is 21.7. The van der Waals surface area contributed by atoms with Gasteiger partial charge in [-0.05, 0) is 81.8 Å². The van der Waals surface area contributed by atoms with Crippen molar-refractivity contribution in [2.24, 2.45) is 5.92 Å². The smallest absolute Gasteiger partial charge is 0.224 e. The molecule has 2 aromatic carbocycles. The Hall–Kier alpha value is -2.46. The van der Waals surface area contributed by atoms with E-state index in [1.807, 2.05) is 56.3 Å². The first-order chi connectivity index (χ1) is 14.5. The van der Waals surface area contributed by atoms with E-state index in [2.05, 4.69) is 10.2 Å². The van der Waals surface area contributed by atoms with Crippen molar-refractivity contribution in [3.63, 3.8) is 0 Å². The van der Waals surface area contributed by atoms with Crippen LogP contribution in [0.15, 0.2) is 42.5 Å². The number of anilines is 1. The lowest BCUT2D eigenvalue weighted by atomic mass is 9.81. The van der Waals surface area contributed by atoms with Gasteiger partial charge in [0.2, 0.25) is 5.91 Å². The zero-order valence-electron chi connectivity index (χ0n) is 18.1. The molecule has 30 heavy (non-hydrogen) atoms. The number of rotatable bonds is 5. The van der Waals surface area contributed by atoms with E-state index in [-0.39, 0.29) is 11.7 Å². The molecule has 2 saturated heterocycles. The average molecular weight is 405 g/mol. The van der Waals surface area contributed by atoms with Crippen LogP contribution >= 0.6 is 0 Å². The fraction of sp³-hybridized carbons (Fsp3) is 0.462. The number of benzene rings is 2. The fourth-order valence-electron chi connectivity index (χ4n) is 5.29. The molecular formula is C26H32N2O2. The largest absolute Gasteiger partial charge is 0.326 e. The minimum absolute atomic E-state index is 0.0132. The van der Waals surface area contributed by atoms with Crippen LogP contribution in [0.3, 0.4) is 0 Å². The Morgan fingerprint density at radius 3 is 2.37 bits per heavy atom. The van der Waals surface area contributed by atoms with E-state index < -0.39 is 0 Å². The van der Waals surface area contributed by atoms with Crippen LogP contribution in [0, 0.1) is 19.8 Å². The summed E-state index contributed by atoms with van der Waals surface area (Å²) in [4.78, 5) is 28.3. The molecule has 4 nitrogen and oxygen atoms in total. The number of nitrogens with zero attached hydrogens (tertiary/aromatic N) is 1. The Bertz CT molecular complexity index is 897. The number of hydrogen-bond acceptors (Lipinski definition) is 3. The molecule has 1 N–H and O–H groups in total. The van der Waals surface area contributed by atoms with Gasteiger partial charge in [0.25, 0.3) is 0 Å². The third-order valence-corrected chi connectivity index (χ3v) is 6.77. The highest BCUT2D eigenvalue weighted by Crippen LogP contribution is 2.33. The van der Waals surface area contributed by atoms with Gasteiger partial charge in [-0.15, -0.1) is 0 Å². The molecule has 0 spiro atoms. The predicted octanol–water partition coefficient (Wildman–Crippen LogP) is 5.13. The summed E-state index contributed by atoms with van der Waals surface area (Å²) in [6.45, 7) is 6.32.